The summed E-state index contributed by atoms with van der Waals surface area (Å²) < 4.78 is 0. The molecule has 0 aromatic rings. The van der Waals surface area contributed by atoms with Crippen LogP contribution in [0, 0.1) is 11.8 Å². The molecule has 0 aromatic carbocycles. The van der Waals surface area contributed by atoms with Crippen molar-refractivity contribution in [3.05, 3.63) is 0 Å². The van der Waals surface area contributed by atoms with Crippen LogP contribution in [0.2, 0.25) is 0 Å². The van der Waals surface area contributed by atoms with Gasteiger partial charge in [-0.2, -0.15) is 0 Å². The molecule has 0 saturated heterocycles. The minimum atomic E-state index is 0.954. The molecule has 1 aliphatic carbocycles. The largest absolute Gasteiger partial charge is 0.320 e. The van der Waals surface area contributed by atoms with Crippen molar-refractivity contribution in [2.75, 3.05) is 27.2 Å². The quantitative estimate of drug-likeness (QED) is 0.735. The van der Waals surface area contributed by atoms with Crippen molar-refractivity contribution in [1.82, 2.24) is 10.6 Å². The molecule has 2 heteroatoms. The maximum Gasteiger partial charge on any atom is -0.00235 e. The van der Waals surface area contributed by atoms with E-state index >= 15 is 0 Å². The molecular weight excluding hydrogens is 184 g/mol. The van der Waals surface area contributed by atoms with Gasteiger partial charge in [0.1, 0.15) is 0 Å². The first kappa shape index (κ1) is 14.9. The molecule has 0 atom stereocenters. The Morgan fingerprint density at radius 3 is 1.87 bits per heavy atom. The molecule has 0 amide bonds. The lowest BCUT2D eigenvalue weighted by Gasteiger charge is -2.28. The topological polar surface area (TPSA) is 24.1 Å². The van der Waals surface area contributed by atoms with Gasteiger partial charge in [-0.3, -0.25) is 0 Å². The highest BCUT2D eigenvalue weighted by atomic mass is 14.8. The summed E-state index contributed by atoms with van der Waals surface area (Å²) in [4.78, 5) is 0. The van der Waals surface area contributed by atoms with Crippen LogP contribution in [0.3, 0.4) is 0 Å². The summed E-state index contributed by atoms with van der Waals surface area (Å²) in [6.45, 7) is 6.42. The van der Waals surface area contributed by atoms with E-state index in [1.807, 2.05) is 20.9 Å². The van der Waals surface area contributed by atoms with Gasteiger partial charge in [0.25, 0.3) is 0 Å². The first-order valence-corrected chi connectivity index (χ1v) is 6.66. The molecule has 1 saturated carbocycles. The summed E-state index contributed by atoms with van der Waals surface area (Å²) in [5.74, 6) is 1.95. The Balaban J connectivity index is 0.000000921. The van der Waals surface area contributed by atoms with Crippen molar-refractivity contribution in [3.63, 3.8) is 0 Å². The standard InChI is InChI=1S/C11H24N2.C2H6/c1-12-8-7-10-3-5-11(6-4-10)9-13-2;1-2/h10-13H,3-9H2,1-2H3;1-2H3. The molecular formula is C13H30N2. The number of hydrogen-bond donors (Lipinski definition) is 2. The number of rotatable bonds is 5. The maximum atomic E-state index is 3.28. The molecule has 92 valence electrons. The zero-order valence-electron chi connectivity index (χ0n) is 11.1. The first-order valence-electron chi connectivity index (χ1n) is 6.66. The van der Waals surface area contributed by atoms with Gasteiger partial charge >= 0.3 is 0 Å². The summed E-state index contributed by atoms with van der Waals surface area (Å²) in [5.41, 5.74) is 0. The fourth-order valence-corrected chi connectivity index (χ4v) is 2.36. The number of hydrogen-bond acceptors (Lipinski definition) is 2. The van der Waals surface area contributed by atoms with Crippen molar-refractivity contribution in [2.45, 2.75) is 46.0 Å². The summed E-state index contributed by atoms with van der Waals surface area (Å²) >= 11 is 0. The average Bonchev–Trinajstić information content (AvgIpc) is 2.31. The minimum absolute atomic E-state index is 0.954. The van der Waals surface area contributed by atoms with Crippen LogP contribution in [0.5, 0.6) is 0 Å². The first-order chi connectivity index (χ1) is 7.36. The van der Waals surface area contributed by atoms with E-state index in [1.165, 1.54) is 45.2 Å². The van der Waals surface area contributed by atoms with E-state index in [0.29, 0.717) is 0 Å². The Kier molecular flexibility index (Phi) is 10.4. The molecule has 1 fully saturated rings. The maximum absolute atomic E-state index is 3.28. The highest BCUT2D eigenvalue weighted by molar-refractivity contribution is 4.73. The van der Waals surface area contributed by atoms with Crippen LogP contribution in [0.4, 0.5) is 0 Å². The van der Waals surface area contributed by atoms with Crippen LogP contribution < -0.4 is 10.6 Å². The summed E-state index contributed by atoms with van der Waals surface area (Å²) in [6.07, 6.45) is 7.16. The van der Waals surface area contributed by atoms with E-state index in [-0.39, 0.29) is 0 Å². The van der Waals surface area contributed by atoms with Crippen molar-refractivity contribution in [2.24, 2.45) is 11.8 Å². The van der Waals surface area contributed by atoms with Crippen LogP contribution in [0.15, 0.2) is 0 Å². The Bertz CT molecular complexity index is 118. The average molecular weight is 214 g/mol. The van der Waals surface area contributed by atoms with Gasteiger partial charge in [-0.25, -0.2) is 0 Å². The van der Waals surface area contributed by atoms with Crippen molar-refractivity contribution >= 4 is 0 Å². The molecule has 0 aliphatic heterocycles. The fraction of sp³-hybridized carbons (Fsp3) is 1.00. The third-order valence-corrected chi connectivity index (χ3v) is 3.26. The normalized spacial score (nSPS) is 25.6. The van der Waals surface area contributed by atoms with Crippen LogP contribution in [-0.2, 0) is 0 Å². The van der Waals surface area contributed by atoms with Crippen LogP contribution in [0.25, 0.3) is 0 Å². The molecule has 1 aliphatic rings. The van der Waals surface area contributed by atoms with E-state index in [1.54, 1.807) is 0 Å². The predicted molar refractivity (Wildman–Crippen MR) is 69.3 cm³/mol. The summed E-state index contributed by atoms with van der Waals surface area (Å²) in [6, 6.07) is 0. The van der Waals surface area contributed by atoms with Gasteiger partial charge < -0.3 is 10.6 Å². The van der Waals surface area contributed by atoms with Crippen LogP contribution >= 0.6 is 0 Å². The van der Waals surface area contributed by atoms with Gasteiger partial charge in [-0.1, -0.05) is 26.7 Å². The summed E-state index contributed by atoms with van der Waals surface area (Å²) in [5, 5.41) is 6.52. The van der Waals surface area contributed by atoms with E-state index < -0.39 is 0 Å². The zero-order chi connectivity index (χ0) is 11.5. The van der Waals surface area contributed by atoms with E-state index in [2.05, 4.69) is 17.7 Å². The molecule has 15 heavy (non-hydrogen) atoms. The lowest BCUT2D eigenvalue weighted by atomic mass is 9.80. The molecule has 2 nitrogen and oxygen atoms in total. The van der Waals surface area contributed by atoms with Crippen molar-refractivity contribution in [1.29, 1.82) is 0 Å². The van der Waals surface area contributed by atoms with Crippen molar-refractivity contribution in [3.8, 4) is 0 Å². The van der Waals surface area contributed by atoms with Gasteiger partial charge in [0.05, 0.1) is 0 Å². The van der Waals surface area contributed by atoms with Gasteiger partial charge in [0.15, 0.2) is 0 Å². The fourth-order valence-electron chi connectivity index (χ4n) is 2.36. The zero-order valence-corrected chi connectivity index (χ0v) is 11.1. The highest BCUT2D eigenvalue weighted by Gasteiger charge is 2.19. The van der Waals surface area contributed by atoms with Gasteiger partial charge in [0, 0.05) is 0 Å². The van der Waals surface area contributed by atoms with E-state index in [0.717, 1.165) is 11.8 Å². The van der Waals surface area contributed by atoms with Gasteiger partial charge in [0.2, 0.25) is 0 Å². The molecule has 0 spiro atoms. The Morgan fingerprint density at radius 2 is 1.40 bits per heavy atom. The van der Waals surface area contributed by atoms with Crippen LogP contribution in [-0.4, -0.2) is 27.2 Å². The summed E-state index contributed by atoms with van der Waals surface area (Å²) in [7, 11) is 4.11. The SMILES string of the molecule is CC.CNCCC1CCC(CNC)CC1. The molecule has 0 unspecified atom stereocenters. The molecule has 2 N–H and O–H groups in total. The lowest BCUT2D eigenvalue weighted by molar-refractivity contribution is 0.260. The van der Waals surface area contributed by atoms with E-state index in [4.69, 9.17) is 0 Å². The molecule has 0 heterocycles. The molecule has 0 aromatic heterocycles. The smallest absolute Gasteiger partial charge is 0.00235 e. The molecule has 1 rings (SSSR count). The number of nitrogens with one attached hydrogen (secondary N) is 2. The van der Waals surface area contributed by atoms with Crippen molar-refractivity contribution < 1.29 is 0 Å². The monoisotopic (exact) mass is 214 g/mol. The molecule has 0 bridgehead atoms. The lowest BCUT2D eigenvalue weighted by Crippen LogP contribution is -2.25. The highest BCUT2D eigenvalue weighted by Crippen LogP contribution is 2.29. The minimum Gasteiger partial charge on any atom is -0.320 e. The Hall–Kier alpha value is -0.0800. The molecule has 0 radical (unpaired) electrons. The van der Waals surface area contributed by atoms with Gasteiger partial charge in [-0.15, -0.1) is 0 Å². The Labute approximate surface area is 96.2 Å². The second-order valence-corrected chi connectivity index (χ2v) is 4.34. The van der Waals surface area contributed by atoms with Gasteiger partial charge in [-0.05, 0) is 58.3 Å². The third-order valence-electron chi connectivity index (χ3n) is 3.26. The predicted octanol–water partition coefficient (Wildman–Crippen LogP) is 2.65. The second-order valence-electron chi connectivity index (χ2n) is 4.34. The second kappa shape index (κ2) is 10.4. The Morgan fingerprint density at radius 1 is 0.867 bits per heavy atom. The van der Waals surface area contributed by atoms with E-state index in [9.17, 15) is 0 Å². The third kappa shape index (κ3) is 6.91. The van der Waals surface area contributed by atoms with Crippen LogP contribution in [0.1, 0.15) is 46.0 Å².